The first kappa shape index (κ1) is 11.5. The predicted molar refractivity (Wildman–Crippen MR) is 51.3 cm³/mol. The second-order valence-electron chi connectivity index (χ2n) is 2.51. The molecular formula is C10H14O3. The smallest absolute Gasteiger partial charge is 0.341 e. The molecule has 0 aliphatic rings. The third kappa shape index (κ3) is 6.87. The van der Waals surface area contributed by atoms with E-state index < -0.39 is 5.97 Å². The van der Waals surface area contributed by atoms with Crippen molar-refractivity contribution in [2.24, 2.45) is 0 Å². The van der Waals surface area contributed by atoms with Crippen molar-refractivity contribution in [1.82, 2.24) is 0 Å². The maximum Gasteiger partial charge on any atom is 0.341 e. The van der Waals surface area contributed by atoms with Crippen LogP contribution in [-0.2, 0) is 9.53 Å². The number of ether oxygens (including phenoxy) is 1. The van der Waals surface area contributed by atoms with Crippen LogP contribution >= 0.6 is 0 Å². The highest BCUT2D eigenvalue weighted by molar-refractivity contribution is 5.68. The number of carbonyl (C=O) groups is 1. The van der Waals surface area contributed by atoms with Gasteiger partial charge < -0.3 is 9.84 Å². The summed E-state index contributed by atoms with van der Waals surface area (Å²) >= 11 is 0. The monoisotopic (exact) mass is 182 g/mol. The minimum absolute atomic E-state index is 0.349. The molecular weight excluding hydrogens is 168 g/mol. The summed E-state index contributed by atoms with van der Waals surface area (Å²) in [6, 6.07) is 0. The Hall–Kier alpha value is -1.51. The van der Waals surface area contributed by atoms with Gasteiger partial charge in [0.2, 0.25) is 0 Å². The summed E-state index contributed by atoms with van der Waals surface area (Å²) in [5, 5.41) is 8.28. The lowest BCUT2D eigenvalue weighted by Gasteiger charge is -2.00. The van der Waals surface area contributed by atoms with E-state index in [9.17, 15) is 4.79 Å². The zero-order valence-corrected chi connectivity index (χ0v) is 7.91. The average molecular weight is 182 g/mol. The van der Waals surface area contributed by atoms with E-state index in [4.69, 9.17) is 9.84 Å². The molecule has 0 aromatic heterocycles. The molecule has 0 heterocycles. The fourth-order valence-corrected chi connectivity index (χ4v) is 0.523. The maximum atomic E-state index is 10.1. The van der Waals surface area contributed by atoms with Gasteiger partial charge in [-0.15, -0.1) is 0 Å². The quantitative estimate of drug-likeness (QED) is 0.523. The van der Waals surface area contributed by atoms with Crippen molar-refractivity contribution in [3.05, 3.63) is 36.1 Å². The molecule has 0 aromatic carbocycles. The average Bonchev–Trinajstić information content (AvgIpc) is 2.10. The summed E-state index contributed by atoms with van der Waals surface area (Å²) in [7, 11) is 0. The Labute approximate surface area is 78.0 Å². The first-order valence-electron chi connectivity index (χ1n) is 3.90. The number of allylic oxidation sites excluding steroid dienone is 4. The lowest BCUT2D eigenvalue weighted by Crippen LogP contribution is -2.05. The van der Waals surface area contributed by atoms with Crippen molar-refractivity contribution in [2.75, 3.05) is 6.61 Å². The molecule has 72 valence electrons. The molecule has 1 N–H and O–H groups in total. The third-order valence-corrected chi connectivity index (χ3v) is 1.37. The van der Waals surface area contributed by atoms with E-state index in [1.54, 1.807) is 6.08 Å². The SMILES string of the molecule is C=C(/C=C\C(C)=C/C)OCC(=O)O. The Balaban J connectivity index is 3.88. The Morgan fingerprint density at radius 3 is 2.62 bits per heavy atom. The summed E-state index contributed by atoms with van der Waals surface area (Å²) in [5.41, 5.74) is 1.07. The number of carboxylic acids is 1. The fraction of sp³-hybridized carbons (Fsp3) is 0.300. The molecule has 0 spiro atoms. The largest absolute Gasteiger partial charge is 0.483 e. The first-order chi connectivity index (χ1) is 6.06. The van der Waals surface area contributed by atoms with E-state index in [1.165, 1.54) is 0 Å². The normalized spacial score (nSPS) is 11.7. The Morgan fingerprint density at radius 2 is 2.15 bits per heavy atom. The molecule has 3 heteroatoms. The predicted octanol–water partition coefficient (Wildman–Crippen LogP) is 2.12. The van der Waals surface area contributed by atoms with Gasteiger partial charge in [-0.05, 0) is 19.9 Å². The molecule has 0 rings (SSSR count). The molecule has 0 saturated carbocycles. The van der Waals surface area contributed by atoms with Crippen molar-refractivity contribution < 1.29 is 14.6 Å². The van der Waals surface area contributed by atoms with Gasteiger partial charge in [0.15, 0.2) is 6.61 Å². The van der Waals surface area contributed by atoms with Gasteiger partial charge in [0.05, 0.1) is 0 Å². The molecule has 0 saturated heterocycles. The number of carboxylic acid groups (broad SMARTS) is 1. The summed E-state index contributed by atoms with van der Waals surface area (Å²) in [4.78, 5) is 10.1. The Morgan fingerprint density at radius 1 is 1.54 bits per heavy atom. The summed E-state index contributed by atoms with van der Waals surface area (Å²) in [6.45, 7) is 7.03. The molecule has 0 amide bonds. The van der Waals surface area contributed by atoms with Gasteiger partial charge >= 0.3 is 5.97 Å². The van der Waals surface area contributed by atoms with Crippen molar-refractivity contribution >= 4 is 5.97 Å². The van der Waals surface area contributed by atoms with E-state index in [2.05, 4.69) is 6.58 Å². The van der Waals surface area contributed by atoms with E-state index in [1.807, 2.05) is 26.0 Å². The second kappa shape index (κ2) is 6.06. The molecule has 0 unspecified atom stereocenters. The molecule has 0 aliphatic heterocycles. The molecule has 3 nitrogen and oxygen atoms in total. The van der Waals surface area contributed by atoms with Gasteiger partial charge in [-0.25, -0.2) is 4.79 Å². The highest BCUT2D eigenvalue weighted by atomic mass is 16.5. The summed E-state index contributed by atoms with van der Waals surface area (Å²) < 4.78 is 4.79. The van der Waals surface area contributed by atoms with Crippen LogP contribution in [0.25, 0.3) is 0 Å². The lowest BCUT2D eigenvalue weighted by molar-refractivity contribution is -0.140. The van der Waals surface area contributed by atoms with Crippen LogP contribution < -0.4 is 0 Å². The van der Waals surface area contributed by atoms with Crippen LogP contribution in [-0.4, -0.2) is 17.7 Å². The third-order valence-electron chi connectivity index (χ3n) is 1.37. The topological polar surface area (TPSA) is 46.5 Å². The van der Waals surface area contributed by atoms with Crippen molar-refractivity contribution in [1.29, 1.82) is 0 Å². The highest BCUT2D eigenvalue weighted by Crippen LogP contribution is 2.00. The summed E-state index contributed by atoms with van der Waals surface area (Å²) in [6.07, 6.45) is 5.38. The minimum Gasteiger partial charge on any atom is -0.483 e. The van der Waals surface area contributed by atoms with E-state index in [-0.39, 0.29) is 6.61 Å². The van der Waals surface area contributed by atoms with Crippen molar-refractivity contribution in [2.45, 2.75) is 13.8 Å². The minimum atomic E-state index is -1.00. The molecule has 13 heavy (non-hydrogen) atoms. The van der Waals surface area contributed by atoms with Gasteiger partial charge in [0.1, 0.15) is 5.76 Å². The molecule has 0 fully saturated rings. The number of hydrogen-bond donors (Lipinski definition) is 1. The van der Waals surface area contributed by atoms with E-state index in [0.717, 1.165) is 5.57 Å². The molecule has 0 bridgehead atoms. The zero-order valence-electron chi connectivity index (χ0n) is 7.91. The Kier molecular flexibility index (Phi) is 5.35. The van der Waals surface area contributed by atoms with Gasteiger partial charge in [0, 0.05) is 0 Å². The van der Waals surface area contributed by atoms with E-state index in [0.29, 0.717) is 5.76 Å². The number of rotatable bonds is 5. The second-order valence-corrected chi connectivity index (χ2v) is 2.51. The van der Waals surface area contributed by atoms with E-state index >= 15 is 0 Å². The number of aliphatic carboxylic acids is 1. The molecule has 0 radical (unpaired) electrons. The molecule has 0 aliphatic carbocycles. The van der Waals surface area contributed by atoms with Gasteiger partial charge in [-0.1, -0.05) is 24.3 Å². The van der Waals surface area contributed by atoms with Gasteiger partial charge in [-0.3, -0.25) is 0 Å². The fourth-order valence-electron chi connectivity index (χ4n) is 0.523. The summed E-state index contributed by atoms with van der Waals surface area (Å²) in [5.74, 6) is -0.652. The van der Waals surface area contributed by atoms with Crippen LogP contribution in [0.1, 0.15) is 13.8 Å². The van der Waals surface area contributed by atoms with Crippen LogP contribution in [0.2, 0.25) is 0 Å². The highest BCUT2D eigenvalue weighted by Gasteiger charge is 1.96. The van der Waals surface area contributed by atoms with Crippen LogP contribution in [0, 0.1) is 0 Å². The van der Waals surface area contributed by atoms with Crippen molar-refractivity contribution in [3.63, 3.8) is 0 Å². The standard InChI is InChI=1S/C10H14O3/c1-4-8(2)5-6-9(3)13-7-10(11)12/h4-6H,3,7H2,1-2H3,(H,11,12)/b6-5-,8-4-. The van der Waals surface area contributed by atoms with Crippen LogP contribution in [0.5, 0.6) is 0 Å². The first-order valence-corrected chi connectivity index (χ1v) is 3.90. The van der Waals surface area contributed by atoms with Crippen LogP contribution in [0.3, 0.4) is 0 Å². The van der Waals surface area contributed by atoms with Gasteiger partial charge in [0.25, 0.3) is 0 Å². The lowest BCUT2D eigenvalue weighted by atomic mass is 10.2. The number of hydrogen-bond acceptors (Lipinski definition) is 2. The maximum absolute atomic E-state index is 10.1. The van der Waals surface area contributed by atoms with Crippen LogP contribution in [0.4, 0.5) is 0 Å². The molecule has 0 aromatic rings. The van der Waals surface area contributed by atoms with Gasteiger partial charge in [-0.2, -0.15) is 0 Å². The Bertz CT molecular complexity index is 249. The zero-order chi connectivity index (χ0) is 10.3. The van der Waals surface area contributed by atoms with Crippen molar-refractivity contribution in [3.8, 4) is 0 Å². The van der Waals surface area contributed by atoms with Crippen LogP contribution in [0.15, 0.2) is 36.1 Å². The molecule has 0 atom stereocenters.